The molecule has 0 unspecified atom stereocenters. The molecule has 0 radical (unpaired) electrons. The van der Waals surface area contributed by atoms with Gasteiger partial charge in [0.1, 0.15) is 5.75 Å². The van der Waals surface area contributed by atoms with Gasteiger partial charge in [-0.05, 0) is 24.3 Å². The van der Waals surface area contributed by atoms with Crippen LogP contribution < -0.4 is 28.6 Å². The second-order valence-corrected chi connectivity index (χ2v) is 6.37. The van der Waals surface area contributed by atoms with E-state index in [1.54, 1.807) is 36.4 Å². The zero-order valence-electron chi connectivity index (χ0n) is 16.2. The molecule has 8 nitrogen and oxygen atoms in total. The molecule has 0 saturated carbocycles. The van der Waals surface area contributed by atoms with Crippen molar-refractivity contribution in [2.24, 2.45) is 0 Å². The van der Waals surface area contributed by atoms with Crippen molar-refractivity contribution in [3.8, 4) is 28.7 Å². The highest BCUT2D eigenvalue weighted by molar-refractivity contribution is 6.29. The summed E-state index contributed by atoms with van der Waals surface area (Å²) in [7, 11) is 4.56. The first-order chi connectivity index (χ1) is 14.0. The highest BCUT2D eigenvalue weighted by Crippen LogP contribution is 2.39. The highest BCUT2D eigenvalue weighted by Gasteiger charge is 2.36. The van der Waals surface area contributed by atoms with Crippen LogP contribution in [0.5, 0.6) is 28.7 Å². The fraction of sp³-hybridized carbons (Fsp3) is 0.238. The van der Waals surface area contributed by atoms with Crippen molar-refractivity contribution in [3.63, 3.8) is 0 Å². The predicted molar refractivity (Wildman–Crippen MR) is 104 cm³/mol. The average Bonchev–Trinajstić information content (AvgIpc) is 3.31. The number of anilines is 1. The largest absolute Gasteiger partial charge is 0.496 e. The molecule has 4 rings (SSSR count). The van der Waals surface area contributed by atoms with E-state index in [0.717, 1.165) is 4.90 Å². The van der Waals surface area contributed by atoms with E-state index in [1.807, 2.05) is 0 Å². The molecule has 0 bridgehead atoms. The van der Waals surface area contributed by atoms with Crippen LogP contribution in [0.25, 0.3) is 6.08 Å². The maximum Gasteiger partial charge on any atom is 0.261 e. The Balaban J connectivity index is 1.69. The number of imide groups is 1. The number of rotatable bonds is 5. The lowest BCUT2D eigenvalue weighted by atomic mass is 10.1. The Hall–Kier alpha value is -3.68. The fourth-order valence-electron chi connectivity index (χ4n) is 3.33. The first kappa shape index (κ1) is 18.7. The second kappa shape index (κ2) is 7.38. The van der Waals surface area contributed by atoms with Gasteiger partial charge in [0.25, 0.3) is 5.91 Å². The van der Waals surface area contributed by atoms with Crippen LogP contribution in [0.15, 0.2) is 35.9 Å². The van der Waals surface area contributed by atoms with Crippen LogP contribution in [0.1, 0.15) is 12.0 Å². The normalized spacial score (nSPS) is 16.5. The van der Waals surface area contributed by atoms with Gasteiger partial charge in [0.15, 0.2) is 23.0 Å². The number of methoxy groups -OCH3 is 3. The Morgan fingerprint density at radius 3 is 2.31 bits per heavy atom. The number of benzene rings is 2. The Morgan fingerprint density at radius 2 is 1.59 bits per heavy atom. The number of fused-ring (bicyclic) bond motifs is 1. The number of nitrogens with zero attached hydrogens (tertiary/aromatic N) is 1. The molecule has 0 atom stereocenters. The van der Waals surface area contributed by atoms with Gasteiger partial charge in [0.2, 0.25) is 12.7 Å². The average molecular weight is 397 g/mol. The molecular weight excluding hydrogens is 378 g/mol. The molecule has 29 heavy (non-hydrogen) atoms. The number of amides is 2. The van der Waals surface area contributed by atoms with E-state index >= 15 is 0 Å². The topological polar surface area (TPSA) is 83.5 Å². The van der Waals surface area contributed by atoms with E-state index < -0.39 is 5.91 Å². The summed E-state index contributed by atoms with van der Waals surface area (Å²) >= 11 is 0. The van der Waals surface area contributed by atoms with Crippen LogP contribution in [0.2, 0.25) is 0 Å². The summed E-state index contributed by atoms with van der Waals surface area (Å²) in [5, 5.41) is 0. The lowest BCUT2D eigenvalue weighted by Crippen LogP contribution is -2.28. The van der Waals surface area contributed by atoms with E-state index in [0.29, 0.717) is 45.6 Å². The molecule has 150 valence electrons. The number of ether oxygens (including phenoxy) is 5. The third-order valence-corrected chi connectivity index (χ3v) is 4.75. The van der Waals surface area contributed by atoms with Crippen molar-refractivity contribution in [3.05, 3.63) is 41.5 Å². The minimum atomic E-state index is -0.397. The van der Waals surface area contributed by atoms with E-state index in [9.17, 15) is 9.59 Å². The third-order valence-electron chi connectivity index (χ3n) is 4.75. The summed E-state index contributed by atoms with van der Waals surface area (Å²) < 4.78 is 26.6. The van der Waals surface area contributed by atoms with E-state index in [1.165, 1.54) is 21.3 Å². The maximum absolute atomic E-state index is 13.0. The minimum absolute atomic E-state index is 0.0230. The molecular formula is C21H19NO7. The van der Waals surface area contributed by atoms with Crippen molar-refractivity contribution in [2.45, 2.75) is 6.42 Å². The molecule has 0 aliphatic carbocycles. The van der Waals surface area contributed by atoms with Crippen molar-refractivity contribution in [1.29, 1.82) is 0 Å². The van der Waals surface area contributed by atoms with Gasteiger partial charge in [0, 0.05) is 23.3 Å². The molecule has 1 saturated heterocycles. The van der Waals surface area contributed by atoms with E-state index in [4.69, 9.17) is 23.7 Å². The van der Waals surface area contributed by atoms with Gasteiger partial charge >= 0.3 is 0 Å². The molecule has 2 aliphatic heterocycles. The third kappa shape index (κ3) is 3.22. The summed E-state index contributed by atoms with van der Waals surface area (Å²) in [6, 6.07) is 8.33. The number of hydrogen-bond acceptors (Lipinski definition) is 7. The lowest BCUT2D eigenvalue weighted by Gasteiger charge is -2.14. The van der Waals surface area contributed by atoms with E-state index in [-0.39, 0.29) is 19.1 Å². The van der Waals surface area contributed by atoms with Crippen LogP contribution in [0.4, 0.5) is 5.69 Å². The molecule has 1 fully saturated rings. The Bertz CT molecular complexity index is 1030. The van der Waals surface area contributed by atoms with Crippen LogP contribution in [-0.4, -0.2) is 39.9 Å². The lowest BCUT2D eigenvalue weighted by molar-refractivity contribution is -0.120. The Morgan fingerprint density at radius 1 is 0.897 bits per heavy atom. The number of carbonyl (C=O) groups excluding carboxylic acids is 2. The number of carbonyl (C=O) groups is 2. The summed E-state index contributed by atoms with van der Waals surface area (Å²) in [4.78, 5) is 26.7. The molecule has 0 spiro atoms. The van der Waals surface area contributed by atoms with Crippen LogP contribution in [-0.2, 0) is 9.59 Å². The van der Waals surface area contributed by atoms with E-state index in [2.05, 4.69) is 0 Å². The van der Waals surface area contributed by atoms with Gasteiger partial charge in [0.05, 0.1) is 33.4 Å². The minimum Gasteiger partial charge on any atom is -0.496 e. The zero-order chi connectivity index (χ0) is 20.5. The van der Waals surface area contributed by atoms with Crippen LogP contribution in [0.3, 0.4) is 0 Å². The zero-order valence-corrected chi connectivity index (χ0v) is 16.2. The van der Waals surface area contributed by atoms with Crippen LogP contribution in [0, 0.1) is 0 Å². The molecule has 0 N–H and O–H groups in total. The summed E-state index contributed by atoms with van der Waals surface area (Å²) in [6.07, 6.45) is 1.61. The molecule has 2 amide bonds. The summed E-state index contributed by atoms with van der Waals surface area (Å²) in [5.74, 6) is 1.86. The van der Waals surface area contributed by atoms with Gasteiger partial charge < -0.3 is 23.7 Å². The smallest absolute Gasteiger partial charge is 0.261 e. The monoisotopic (exact) mass is 397 g/mol. The Labute approximate surface area is 167 Å². The molecule has 2 aromatic carbocycles. The van der Waals surface area contributed by atoms with Crippen molar-refractivity contribution in [1.82, 2.24) is 0 Å². The SMILES string of the molecule is COc1cc(OC)c(OC)cc1/C=C1\CC(=O)N(c2ccc3c(c2)OCO3)C1=O. The first-order valence-electron chi connectivity index (χ1n) is 8.83. The standard InChI is InChI=1S/C21H19NO7/c1-25-16-10-18(27-3)17(26-2)7-12(16)6-13-8-20(23)22(21(13)24)14-4-5-15-19(9-14)29-11-28-15/h4-7,9-10H,8,11H2,1-3H3/b13-6+. The molecule has 2 heterocycles. The fourth-order valence-corrected chi connectivity index (χ4v) is 3.33. The van der Waals surface area contributed by atoms with Gasteiger partial charge in [-0.25, -0.2) is 4.90 Å². The van der Waals surface area contributed by atoms with Gasteiger partial charge in [-0.15, -0.1) is 0 Å². The molecule has 0 aromatic heterocycles. The molecule has 8 heteroatoms. The van der Waals surface area contributed by atoms with Gasteiger partial charge in [-0.3, -0.25) is 9.59 Å². The van der Waals surface area contributed by atoms with Crippen molar-refractivity contribution in [2.75, 3.05) is 33.0 Å². The quantitative estimate of drug-likeness (QED) is 0.567. The van der Waals surface area contributed by atoms with Gasteiger partial charge in [-0.2, -0.15) is 0 Å². The molecule has 2 aliphatic rings. The highest BCUT2D eigenvalue weighted by atomic mass is 16.7. The van der Waals surface area contributed by atoms with Crippen molar-refractivity contribution < 1.29 is 33.3 Å². The second-order valence-electron chi connectivity index (χ2n) is 6.37. The van der Waals surface area contributed by atoms with Gasteiger partial charge in [-0.1, -0.05) is 0 Å². The Kier molecular flexibility index (Phi) is 4.75. The summed E-state index contributed by atoms with van der Waals surface area (Å²) in [6.45, 7) is 0.116. The van der Waals surface area contributed by atoms with Crippen LogP contribution >= 0.6 is 0 Å². The first-order valence-corrected chi connectivity index (χ1v) is 8.83. The number of hydrogen-bond donors (Lipinski definition) is 0. The molecule has 2 aromatic rings. The summed E-state index contributed by atoms with van der Waals surface area (Å²) in [5.41, 5.74) is 1.39. The van der Waals surface area contributed by atoms with Crippen molar-refractivity contribution >= 4 is 23.6 Å². The maximum atomic E-state index is 13.0. The predicted octanol–water partition coefficient (Wildman–Crippen LogP) is 2.79.